The van der Waals surface area contributed by atoms with Gasteiger partial charge >= 0.3 is 5.97 Å². The summed E-state index contributed by atoms with van der Waals surface area (Å²) in [4.78, 5) is 11.0. The zero-order valence-corrected chi connectivity index (χ0v) is 12.4. The number of nitrogens with one attached hydrogen (secondary N) is 1. The Hall–Kier alpha value is -2.49. The average Bonchev–Trinajstić information content (AvgIpc) is 2.47. The number of aryl methyl sites for hydroxylation is 1. The highest BCUT2D eigenvalue weighted by Crippen LogP contribution is 2.28. The third kappa shape index (κ3) is 3.54. The standard InChI is InChI=1S/C17H19NO3/c1-11-7-8-15(16(9-11)21-3)12(2)18-14-6-4-5-13(10-14)17(19)20/h4-10,12,18H,1-3H3,(H,19,20). The Morgan fingerprint density at radius 2 is 2.00 bits per heavy atom. The van der Waals surface area contributed by atoms with Crippen molar-refractivity contribution in [2.24, 2.45) is 0 Å². The largest absolute Gasteiger partial charge is 0.496 e. The first-order valence-corrected chi connectivity index (χ1v) is 6.75. The van der Waals surface area contributed by atoms with Crippen molar-refractivity contribution in [3.05, 3.63) is 59.2 Å². The first-order chi connectivity index (χ1) is 10.0. The van der Waals surface area contributed by atoms with E-state index in [2.05, 4.69) is 5.32 Å². The van der Waals surface area contributed by atoms with Crippen molar-refractivity contribution in [2.75, 3.05) is 12.4 Å². The summed E-state index contributed by atoms with van der Waals surface area (Å²) in [5.41, 5.74) is 3.20. The van der Waals surface area contributed by atoms with Crippen LogP contribution in [0.5, 0.6) is 5.75 Å². The third-order valence-corrected chi connectivity index (χ3v) is 3.35. The lowest BCUT2D eigenvalue weighted by Crippen LogP contribution is -2.09. The predicted octanol–water partition coefficient (Wildman–Crippen LogP) is 3.87. The van der Waals surface area contributed by atoms with Gasteiger partial charge in [-0.25, -0.2) is 4.79 Å². The Morgan fingerprint density at radius 1 is 1.24 bits per heavy atom. The Morgan fingerprint density at radius 3 is 2.67 bits per heavy atom. The van der Waals surface area contributed by atoms with Crippen LogP contribution >= 0.6 is 0 Å². The van der Waals surface area contributed by atoms with E-state index in [1.165, 1.54) is 0 Å². The molecule has 110 valence electrons. The molecule has 0 radical (unpaired) electrons. The summed E-state index contributed by atoms with van der Waals surface area (Å²) in [6.07, 6.45) is 0. The molecular formula is C17H19NO3. The number of hydrogen-bond acceptors (Lipinski definition) is 3. The maximum atomic E-state index is 11.0. The molecule has 0 aliphatic rings. The molecule has 2 aromatic carbocycles. The van der Waals surface area contributed by atoms with Crippen molar-refractivity contribution >= 4 is 11.7 Å². The lowest BCUT2D eigenvalue weighted by atomic mass is 10.0. The van der Waals surface area contributed by atoms with Crippen molar-refractivity contribution in [3.63, 3.8) is 0 Å². The van der Waals surface area contributed by atoms with Crippen molar-refractivity contribution < 1.29 is 14.6 Å². The van der Waals surface area contributed by atoms with E-state index in [4.69, 9.17) is 9.84 Å². The van der Waals surface area contributed by atoms with Gasteiger partial charge in [-0.1, -0.05) is 18.2 Å². The SMILES string of the molecule is COc1cc(C)ccc1C(C)Nc1cccc(C(=O)O)c1. The molecule has 21 heavy (non-hydrogen) atoms. The summed E-state index contributed by atoms with van der Waals surface area (Å²) in [6.45, 7) is 4.03. The number of carbonyl (C=O) groups is 1. The number of hydrogen-bond donors (Lipinski definition) is 2. The van der Waals surface area contributed by atoms with Crippen molar-refractivity contribution in [1.29, 1.82) is 0 Å². The molecule has 0 saturated heterocycles. The third-order valence-electron chi connectivity index (χ3n) is 3.35. The molecule has 2 N–H and O–H groups in total. The summed E-state index contributed by atoms with van der Waals surface area (Å²) in [6, 6.07) is 12.8. The lowest BCUT2D eigenvalue weighted by molar-refractivity contribution is 0.0697. The van der Waals surface area contributed by atoms with Crippen LogP contribution in [0.25, 0.3) is 0 Å². The number of benzene rings is 2. The monoisotopic (exact) mass is 285 g/mol. The van der Waals surface area contributed by atoms with Crippen LogP contribution in [0.3, 0.4) is 0 Å². The second-order valence-corrected chi connectivity index (χ2v) is 5.00. The van der Waals surface area contributed by atoms with Gasteiger partial charge in [0.25, 0.3) is 0 Å². The smallest absolute Gasteiger partial charge is 0.335 e. The van der Waals surface area contributed by atoms with Crippen LogP contribution in [0.1, 0.15) is 34.5 Å². The first-order valence-electron chi connectivity index (χ1n) is 6.75. The van der Waals surface area contributed by atoms with Gasteiger partial charge in [-0.2, -0.15) is 0 Å². The summed E-state index contributed by atoms with van der Waals surface area (Å²) < 4.78 is 5.41. The van der Waals surface area contributed by atoms with Crippen LogP contribution in [0.15, 0.2) is 42.5 Å². The molecular weight excluding hydrogens is 266 g/mol. The van der Waals surface area contributed by atoms with E-state index in [0.29, 0.717) is 0 Å². The predicted molar refractivity (Wildman–Crippen MR) is 83.2 cm³/mol. The molecule has 0 aliphatic heterocycles. The number of carboxylic acids is 1. The van der Waals surface area contributed by atoms with Crippen LogP contribution in [-0.2, 0) is 0 Å². The van der Waals surface area contributed by atoms with Gasteiger partial charge in [0, 0.05) is 11.3 Å². The highest BCUT2D eigenvalue weighted by molar-refractivity contribution is 5.88. The van der Waals surface area contributed by atoms with E-state index in [0.717, 1.165) is 22.6 Å². The molecule has 0 aliphatic carbocycles. The van der Waals surface area contributed by atoms with Gasteiger partial charge in [0.1, 0.15) is 5.75 Å². The summed E-state index contributed by atoms with van der Waals surface area (Å²) in [5.74, 6) is -0.108. The number of ether oxygens (including phenoxy) is 1. The Kier molecular flexibility index (Phi) is 4.48. The molecule has 0 heterocycles. The second kappa shape index (κ2) is 6.31. The minimum absolute atomic E-state index is 0.00425. The van der Waals surface area contributed by atoms with Crippen LogP contribution < -0.4 is 10.1 Å². The van der Waals surface area contributed by atoms with Gasteiger partial charge < -0.3 is 15.2 Å². The van der Waals surface area contributed by atoms with E-state index in [9.17, 15) is 4.79 Å². The molecule has 0 amide bonds. The molecule has 0 bridgehead atoms. The van der Waals surface area contributed by atoms with Crippen LogP contribution in [0.4, 0.5) is 5.69 Å². The highest BCUT2D eigenvalue weighted by atomic mass is 16.5. The molecule has 2 aromatic rings. The van der Waals surface area contributed by atoms with Gasteiger partial charge in [0.2, 0.25) is 0 Å². The van der Waals surface area contributed by atoms with Crippen molar-refractivity contribution in [2.45, 2.75) is 19.9 Å². The van der Waals surface area contributed by atoms with E-state index < -0.39 is 5.97 Å². The summed E-state index contributed by atoms with van der Waals surface area (Å²) in [7, 11) is 1.65. The van der Waals surface area contributed by atoms with E-state index in [1.54, 1.807) is 25.3 Å². The molecule has 4 nitrogen and oxygen atoms in total. The Bertz CT molecular complexity index is 652. The minimum atomic E-state index is -0.931. The lowest BCUT2D eigenvalue weighted by Gasteiger charge is -2.19. The van der Waals surface area contributed by atoms with Crippen molar-refractivity contribution in [3.8, 4) is 5.75 Å². The fourth-order valence-electron chi connectivity index (χ4n) is 2.25. The van der Waals surface area contributed by atoms with Gasteiger partial charge in [-0.15, -0.1) is 0 Å². The van der Waals surface area contributed by atoms with Crippen LogP contribution in [-0.4, -0.2) is 18.2 Å². The summed E-state index contributed by atoms with van der Waals surface area (Å²) in [5, 5.41) is 12.3. The number of carboxylic acid groups (broad SMARTS) is 1. The maximum Gasteiger partial charge on any atom is 0.335 e. The number of aromatic carboxylic acids is 1. The molecule has 2 rings (SSSR count). The zero-order valence-electron chi connectivity index (χ0n) is 12.4. The van der Waals surface area contributed by atoms with Crippen LogP contribution in [0, 0.1) is 6.92 Å². The molecule has 0 saturated carbocycles. The Labute approximate surface area is 124 Å². The van der Waals surface area contributed by atoms with Gasteiger partial charge in [-0.05, 0) is 43.7 Å². The Balaban J connectivity index is 2.23. The molecule has 1 atom stereocenters. The minimum Gasteiger partial charge on any atom is -0.496 e. The van der Waals surface area contributed by atoms with Gasteiger partial charge in [-0.3, -0.25) is 0 Å². The molecule has 0 spiro atoms. The van der Waals surface area contributed by atoms with Gasteiger partial charge in [0.15, 0.2) is 0 Å². The number of methoxy groups -OCH3 is 1. The second-order valence-electron chi connectivity index (χ2n) is 5.00. The average molecular weight is 285 g/mol. The maximum absolute atomic E-state index is 11.0. The first kappa shape index (κ1) is 14.9. The highest BCUT2D eigenvalue weighted by Gasteiger charge is 2.12. The molecule has 1 unspecified atom stereocenters. The summed E-state index contributed by atoms with van der Waals surface area (Å²) >= 11 is 0. The molecule has 0 fully saturated rings. The normalized spacial score (nSPS) is 11.8. The molecule has 4 heteroatoms. The van der Waals surface area contributed by atoms with Crippen LogP contribution in [0.2, 0.25) is 0 Å². The topological polar surface area (TPSA) is 58.6 Å². The fraction of sp³-hybridized carbons (Fsp3) is 0.235. The fourth-order valence-corrected chi connectivity index (χ4v) is 2.25. The van der Waals surface area contributed by atoms with Gasteiger partial charge in [0.05, 0.1) is 18.7 Å². The van der Waals surface area contributed by atoms with E-state index in [-0.39, 0.29) is 11.6 Å². The van der Waals surface area contributed by atoms with E-state index in [1.807, 2.05) is 38.1 Å². The number of anilines is 1. The quantitative estimate of drug-likeness (QED) is 0.875. The zero-order chi connectivity index (χ0) is 15.4. The molecule has 0 aromatic heterocycles. The van der Waals surface area contributed by atoms with E-state index >= 15 is 0 Å². The number of rotatable bonds is 5. The van der Waals surface area contributed by atoms with Crippen molar-refractivity contribution in [1.82, 2.24) is 0 Å².